The number of nitrogens with zero attached hydrogens (tertiary/aromatic N) is 1. The Morgan fingerprint density at radius 2 is 2.06 bits per heavy atom. The summed E-state index contributed by atoms with van der Waals surface area (Å²) >= 11 is 6.12. The van der Waals surface area contributed by atoms with E-state index in [-0.39, 0.29) is 0 Å². The molecule has 0 radical (unpaired) electrons. The van der Waals surface area contributed by atoms with Gasteiger partial charge in [0.25, 0.3) is 0 Å². The number of nitrogen functional groups attached to an aromatic ring is 1. The second-order valence-corrected chi connectivity index (χ2v) is 4.70. The predicted molar refractivity (Wildman–Crippen MR) is 75.7 cm³/mol. The zero-order valence-electron chi connectivity index (χ0n) is 9.87. The van der Waals surface area contributed by atoms with Crippen LogP contribution in [0.25, 0.3) is 22.4 Å². The highest BCUT2D eigenvalue weighted by atomic mass is 35.5. The Hall–Kier alpha value is -2.00. The van der Waals surface area contributed by atoms with Crippen molar-refractivity contribution >= 4 is 28.3 Å². The number of benzene rings is 2. The van der Waals surface area contributed by atoms with Crippen LogP contribution in [0.2, 0.25) is 5.02 Å². The molecule has 0 aliphatic rings. The number of hydrogen-bond donors (Lipinski definition) is 2. The standard InChI is InChI=1S/C14H12ClN3/c1-8-7-9(16)5-6-10(8)14-17-12-4-2-3-11(15)13(12)18-14/h2-7H,16H2,1H3,(H,17,18). The van der Waals surface area contributed by atoms with Crippen LogP contribution in [-0.4, -0.2) is 9.97 Å². The van der Waals surface area contributed by atoms with Gasteiger partial charge in [0.2, 0.25) is 0 Å². The third-order valence-electron chi connectivity index (χ3n) is 2.97. The van der Waals surface area contributed by atoms with Crippen molar-refractivity contribution in [2.24, 2.45) is 0 Å². The highest BCUT2D eigenvalue weighted by Gasteiger charge is 2.09. The lowest BCUT2D eigenvalue weighted by molar-refractivity contribution is 1.31. The maximum absolute atomic E-state index is 6.12. The van der Waals surface area contributed by atoms with Crippen LogP contribution in [-0.2, 0) is 0 Å². The number of aromatic nitrogens is 2. The highest BCUT2D eigenvalue weighted by molar-refractivity contribution is 6.35. The molecule has 0 fully saturated rings. The second kappa shape index (κ2) is 4.03. The third-order valence-corrected chi connectivity index (χ3v) is 3.27. The van der Waals surface area contributed by atoms with Gasteiger partial charge in [-0.05, 0) is 42.8 Å². The van der Waals surface area contributed by atoms with Crippen LogP contribution in [0.3, 0.4) is 0 Å². The lowest BCUT2D eigenvalue weighted by Crippen LogP contribution is -1.89. The molecule has 0 unspecified atom stereocenters. The molecule has 0 spiro atoms. The molecule has 0 saturated heterocycles. The Morgan fingerprint density at radius 1 is 1.22 bits per heavy atom. The molecule has 1 heterocycles. The molecule has 2 aromatic carbocycles. The lowest BCUT2D eigenvalue weighted by atomic mass is 10.1. The third kappa shape index (κ3) is 1.73. The molecule has 0 atom stereocenters. The van der Waals surface area contributed by atoms with Gasteiger partial charge < -0.3 is 10.7 Å². The molecule has 90 valence electrons. The number of nitrogens with two attached hydrogens (primary N) is 1. The van der Waals surface area contributed by atoms with E-state index in [0.29, 0.717) is 5.02 Å². The van der Waals surface area contributed by atoms with Gasteiger partial charge in [-0.2, -0.15) is 0 Å². The molecule has 3 N–H and O–H groups in total. The summed E-state index contributed by atoms with van der Waals surface area (Å²) in [6.07, 6.45) is 0. The van der Waals surface area contributed by atoms with Crippen LogP contribution in [0, 0.1) is 6.92 Å². The van der Waals surface area contributed by atoms with Gasteiger partial charge in [-0.15, -0.1) is 0 Å². The number of nitrogens with one attached hydrogen (secondary N) is 1. The SMILES string of the molecule is Cc1cc(N)ccc1-c1nc2c(Cl)cccc2[nH]1. The number of rotatable bonds is 1. The van der Waals surface area contributed by atoms with E-state index in [2.05, 4.69) is 9.97 Å². The van der Waals surface area contributed by atoms with E-state index in [9.17, 15) is 0 Å². The van der Waals surface area contributed by atoms with Crippen molar-refractivity contribution in [3.63, 3.8) is 0 Å². The largest absolute Gasteiger partial charge is 0.399 e. The molecule has 0 saturated carbocycles. The molecule has 0 aliphatic heterocycles. The molecule has 0 bridgehead atoms. The first-order valence-corrected chi connectivity index (χ1v) is 6.03. The van der Waals surface area contributed by atoms with Crippen LogP contribution < -0.4 is 5.73 Å². The van der Waals surface area contributed by atoms with Crippen molar-refractivity contribution in [3.8, 4) is 11.4 Å². The fourth-order valence-electron chi connectivity index (χ4n) is 2.08. The van der Waals surface area contributed by atoms with Gasteiger partial charge >= 0.3 is 0 Å². The lowest BCUT2D eigenvalue weighted by Gasteiger charge is -2.03. The molecule has 3 aromatic rings. The highest BCUT2D eigenvalue weighted by Crippen LogP contribution is 2.27. The van der Waals surface area contributed by atoms with Gasteiger partial charge in [-0.25, -0.2) is 4.98 Å². The van der Waals surface area contributed by atoms with Crippen LogP contribution in [0.4, 0.5) is 5.69 Å². The Balaban J connectivity index is 2.23. The van der Waals surface area contributed by atoms with Crippen LogP contribution in [0.1, 0.15) is 5.56 Å². The van der Waals surface area contributed by atoms with E-state index < -0.39 is 0 Å². The van der Waals surface area contributed by atoms with Crippen molar-refractivity contribution in [1.29, 1.82) is 0 Å². The Kier molecular flexibility index (Phi) is 2.49. The van der Waals surface area contributed by atoms with Crippen LogP contribution in [0.5, 0.6) is 0 Å². The second-order valence-electron chi connectivity index (χ2n) is 4.30. The zero-order valence-corrected chi connectivity index (χ0v) is 10.6. The van der Waals surface area contributed by atoms with E-state index >= 15 is 0 Å². The monoisotopic (exact) mass is 257 g/mol. The summed E-state index contributed by atoms with van der Waals surface area (Å²) < 4.78 is 0. The number of aryl methyl sites for hydroxylation is 1. The quantitative estimate of drug-likeness (QED) is 0.652. The number of aromatic amines is 1. The Bertz CT molecular complexity index is 731. The van der Waals surface area contributed by atoms with E-state index in [1.165, 1.54) is 0 Å². The summed E-state index contributed by atoms with van der Waals surface area (Å²) in [6, 6.07) is 11.5. The van der Waals surface area contributed by atoms with Crippen molar-refractivity contribution in [3.05, 3.63) is 47.0 Å². The van der Waals surface area contributed by atoms with E-state index in [1.54, 1.807) is 0 Å². The van der Waals surface area contributed by atoms with Crippen molar-refractivity contribution < 1.29 is 0 Å². The number of hydrogen-bond acceptors (Lipinski definition) is 2. The fraction of sp³-hybridized carbons (Fsp3) is 0.0714. The minimum atomic E-state index is 0.656. The van der Waals surface area contributed by atoms with Gasteiger partial charge in [-0.1, -0.05) is 17.7 Å². The molecular weight excluding hydrogens is 246 g/mol. The topological polar surface area (TPSA) is 54.7 Å². The molecule has 4 heteroatoms. The summed E-state index contributed by atoms with van der Waals surface area (Å²) in [7, 11) is 0. The summed E-state index contributed by atoms with van der Waals surface area (Å²) in [5.74, 6) is 0.815. The average molecular weight is 258 g/mol. The van der Waals surface area contributed by atoms with Gasteiger partial charge in [0.15, 0.2) is 0 Å². The Morgan fingerprint density at radius 3 is 2.78 bits per heavy atom. The maximum atomic E-state index is 6.12. The first kappa shape index (κ1) is 11.1. The fourth-order valence-corrected chi connectivity index (χ4v) is 2.29. The molecule has 3 rings (SSSR count). The predicted octanol–water partition coefficient (Wildman–Crippen LogP) is 3.77. The smallest absolute Gasteiger partial charge is 0.138 e. The number of para-hydroxylation sites is 1. The maximum Gasteiger partial charge on any atom is 0.138 e. The molecule has 1 aromatic heterocycles. The summed E-state index contributed by atoms with van der Waals surface area (Å²) in [5, 5.41) is 0.656. The van der Waals surface area contributed by atoms with Crippen molar-refractivity contribution in [2.45, 2.75) is 6.92 Å². The van der Waals surface area contributed by atoms with E-state index in [1.807, 2.05) is 43.3 Å². The first-order valence-electron chi connectivity index (χ1n) is 5.66. The van der Waals surface area contributed by atoms with Gasteiger partial charge in [0.1, 0.15) is 11.3 Å². The average Bonchev–Trinajstić information content (AvgIpc) is 2.74. The van der Waals surface area contributed by atoms with Crippen molar-refractivity contribution in [1.82, 2.24) is 9.97 Å². The summed E-state index contributed by atoms with van der Waals surface area (Å²) in [6.45, 7) is 2.01. The molecular formula is C14H12ClN3. The minimum absolute atomic E-state index is 0.656. The summed E-state index contributed by atoms with van der Waals surface area (Å²) in [4.78, 5) is 7.82. The molecule has 0 aliphatic carbocycles. The number of halogens is 1. The van der Waals surface area contributed by atoms with Gasteiger partial charge in [0.05, 0.1) is 10.5 Å². The minimum Gasteiger partial charge on any atom is -0.399 e. The molecule has 0 amide bonds. The van der Waals surface area contributed by atoms with Gasteiger partial charge in [-0.3, -0.25) is 0 Å². The summed E-state index contributed by atoms with van der Waals surface area (Å²) in [5.41, 5.74) is 10.4. The first-order chi connectivity index (χ1) is 8.65. The van der Waals surface area contributed by atoms with Crippen molar-refractivity contribution in [2.75, 3.05) is 5.73 Å². The molecule has 18 heavy (non-hydrogen) atoms. The van der Waals surface area contributed by atoms with Gasteiger partial charge in [0, 0.05) is 11.3 Å². The zero-order chi connectivity index (χ0) is 12.7. The number of imidazole rings is 1. The van der Waals surface area contributed by atoms with E-state index in [4.69, 9.17) is 17.3 Å². The number of anilines is 1. The van der Waals surface area contributed by atoms with Crippen LogP contribution >= 0.6 is 11.6 Å². The van der Waals surface area contributed by atoms with Crippen LogP contribution in [0.15, 0.2) is 36.4 Å². The molecule has 3 nitrogen and oxygen atoms in total. The normalized spacial score (nSPS) is 11.0. The number of H-pyrrole nitrogens is 1. The number of fused-ring (bicyclic) bond motifs is 1. The van der Waals surface area contributed by atoms with E-state index in [0.717, 1.165) is 33.7 Å². The Labute approximate surface area is 110 Å².